The van der Waals surface area contributed by atoms with Gasteiger partial charge in [-0.15, -0.1) is 0 Å². The number of carbonyl (C=O) groups is 3. The third-order valence-electron chi connectivity index (χ3n) is 4.07. The number of anilines is 1. The summed E-state index contributed by atoms with van der Waals surface area (Å²) >= 11 is 0. The van der Waals surface area contributed by atoms with Crippen molar-refractivity contribution in [3.8, 4) is 5.75 Å². The van der Waals surface area contributed by atoms with Gasteiger partial charge in [-0.2, -0.15) is 0 Å². The van der Waals surface area contributed by atoms with Gasteiger partial charge >= 0.3 is 11.7 Å². The van der Waals surface area contributed by atoms with Gasteiger partial charge in [-0.1, -0.05) is 25.1 Å². The molecule has 0 aliphatic carbocycles. The van der Waals surface area contributed by atoms with Crippen molar-refractivity contribution in [2.75, 3.05) is 25.6 Å². The minimum absolute atomic E-state index is 0.00613. The van der Waals surface area contributed by atoms with Gasteiger partial charge in [0.1, 0.15) is 6.54 Å². The number of benzene rings is 2. The number of nitro benzene ring substituents is 1. The summed E-state index contributed by atoms with van der Waals surface area (Å²) in [5, 5.41) is 16.0. The fourth-order valence-corrected chi connectivity index (χ4v) is 2.56. The lowest BCUT2D eigenvalue weighted by molar-refractivity contribution is -0.385. The molecule has 0 saturated heterocycles. The number of para-hydroxylation sites is 1. The van der Waals surface area contributed by atoms with Crippen molar-refractivity contribution < 1.29 is 28.8 Å². The highest BCUT2D eigenvalue weighted by atomic mass is 16.6. The molecule has 2 aromatic carbocycles. The Labute approximate surface area is 172 Å². The van der Waals surface area contributed by atoms with Crippen molar-refractivity contribution >= 4 is 29.2 Å². The number of aryl methyl sites for hydroxylation is 1. The summed E-state index contributed by atoms with van der Waals surface area (Å²) in [7, 11) is 1.27. The molecule has 10 heteroatoms. The van der Waals surface area contributed by atoms with Gasteiger partial charge in [-0.3, -0.25) is 24.5 Å². The zero-order valence-electron chi connectivity index (χ0n) is 16.5. The van der Waals surface area contributed by atoms with Gasteiger partial charge in [0.2, 0.25) is 0 Å². The average Bonchev–Trinajstić information content (AvgIpc) is 2.75. The molecule has 0 aliphatic rings. The molecule has 158 valence electrons. The SMILES string of the molecule is CCc1ccccc1NC(=O)COC(=O)CNC(=O)c1ccc(OC)c([N+](=O)[O-])c1. The molecule has 0 saturated carbocycles. The maximum Gasteiger partial charge on any atom is 0.325 e. The molecule has 2 aromatic rings. The zero-order chi connectivity index (χ0) is 22.1. The van der Waals surface area contributed by atoms with Crippen molar-refractivity contribution in [1.82, 2.24) is 5.32 Å². The maximum atomic E-state index is 12.1. The standard InChI is InChI=1S/C20H21N3O7/c1-3-13-6-4-5-7-15(13)22-18(24)12-30-19(25)11-21-20(26)14-8-9-17(29-2)16(10-14)23(27)28/h4-10H,3,11-12H2,1-2H3,(H,21,26)(H,22,24). The van der Waals surface area contributed by atoms with Crippen LogP contribution < -0.4 is 15.4 Å². The van der Waals surface area contributed by atoms with E-state index < -0.39 is 35.9 Å². The Hall–Kier alpha value is -3.95. The predicted molar refractivity (Wildman–Crippen MR) is 107 cm³/mol. The molecular formula is C20H21N3O7. The number of methoxy groups -OCH3 is 1. The predicted octanol–water partition coefficient (Wildman–Crippen LogP) is 2.08. The maximum absolute atomic E-state index is 12.1. The van der Waals surface area contributed by atoms with Gasteiger partial charge in [0.15, 0.2) is 12.4 Å². The fraction of sp³-hybridized carbons (Fsp3) is 0.250. The molecule has 0 atom stereocenters. The molecule has 0 aliphatic heterocycles. The van der Waals surface area contributed by atoms with Crippen LogP contribution in [-0.2, 0) is 20.7 Å². The highest BCUT2D eigenvalue weighted by Crippen LogP contribution is 2.27. The van der Waals surface area contributed by atoms with E-state index in [1.807, 2.05) is 19.1 Å². The van der Waals surface area contributed by atoms with Crippen LogP contribution in [0.2, 0.25) is 0 Å². The molecular weight excluding hydrogens is 394 g/mol. The average molecular weight is 415 g/mol. The largest absolute Gasteiger partial charge is 0.490 e. The van der Waals surface area contributed by atoms with Gasteiger partial charge in [0.05, 0.1) is 12.0 Å². The number of nitrogens with one attached hydrogen (secondary N) is 2. The summed E-state index contributed by atoms with van der Waals surface area (Å²) in [6, 6.07) is 10.9. The Bertz CT molecular complexity index is 959. The lowest BCUT2D eigenvalue weighted by Gasteiger charge is -2.10. The highest BCUT2D eigenvalue weighted by Gasteiger charge is 2.19. The van der Waals surface area contributed by atoms with Crippen LogP contribution in [0.15, 0.2) is 42.5 Å². The quantitative estimate of drug-likeness (QED) is 0.363. The third-order valence-corrected chi connectivity index (χ3v) is 4.07. The number of ether oxygens (including phenoxy) is 2. The normalized spacial score (nSPS) is 10.1. The summed E-state index contributed by atoms with van der Waals surface area (Å²) in [6.07, 6.45) is 0.728. The van der Waals surface area contributed by atoms with E-state index in [4.69, 9.17) is 9.47 Å². The lowest BCUT2D eigenvalue weighted by atomic mass is 10.1. The number of rotatable bonds is 9. The number of amides is 2. The lowest BCUT2D eigenvalue weighted by Crippen LogP contribution is -2.32. The number of nitro groups is 1. The molecule has 0 heterocycles. The number of carbonyl (C=O) groups excluding carboxylic acids is 3. The first-order valence-electron chi connectivity index (χ1n) is 8.99. The molecule has 0 fully saturated rings. The second-order valence-corrected chi connectivity index (χ2v) is 6.05. The monoisotopic (exact) mass is 415 g/mol. The fourth-order valence-electron chi connectivity index (χ4n) is 2.56. The van der Waals surface area contributed by atoms with Gasteiger partial charge in [0.25, 0.3) is 11.8 Å². The van der Waals surface area contributed by atoms with E-state index in [9.17, 15) is 24.5 Å². The molecule has 10 nitrogen and oxygen atoms in total. The van der Waals surface area contributed by atoms with Crippen molar-refractivity contribution in [3.05, 3.63) is 63.7 Å². The van der Waals surface area contributed by atoms with Crippen LogP contribution in [-0.4, -0.2) is 43.0 Å². The summed E-state index contributed by atoms with van der Waals surface area (Å²) in [5.41, 5.74) is 1.18. The third kappa shape index (κ3) is 6.03. The Balaban J connectivity index is 1.84. The zero-order valence-corrected chi connectivity index (χ0v) is 16.5. The number of esters is 1. The van der Waals surface area contributed by atoms with Crippen molar-refractivity contribution in [1.29, 1.82) is 0 Å². The van der Waals surface area contributed by atoms with Crippen LogP contribution in [0, 0.1) is 10.1 Å². The Morgan fingerprint density at radius 1 is 1.13 bits per heavy atom. The van der Waals surface area contributed by atoms with Crippen LogP contribution in [0.3, 0.4) is 0 Å². The van der Waals surface area contributed by atoms with E-state index in [2.05, 4.69) is 10.6 Å². The molecule has 0 radical (unpaired) electrons. The number of hydrogen-bond donors (Lipinski definition) is 2. The van der Waals surface area contributed by atoms with Gasteiger partial charge in [0, 0.05) is 17.3 Å². The molecule has 0 aromatic heterocycles. The molecule has 0 bridgehead atoms. The van der Waals surface area contributed by atoms with Crippen molar-refractivity contribution in [2.45, 2.75) is 13.3 Å². The Morgan fingerprint density at radius 3 is 2.53 bits per heavy atom. The molecule has 30 heavy (non-hydrogen) atoms. The minimum Gasteiger partial charge on any atom is -0.490 e. The summed E-state index contributed by atoms with van der Waals surface area (Å²) in [5.74, 6) is -2.04. The van der Waals surface area contributed by atoms with Crippen LogP contribution in [0.5, 0.6) is 5.75 Å². The second-order valence-electron chi connectivity index (χ2n) is 6.05. The van der Waals surface area contributed by atoms with Gasteiger partial charge < -0.3 is 20.1 Å². The number of hydrogen-bond acceptors (Lipinski definition) is 7. The highest BCUT2D eigenvalue weighted by molar-refractivity contribution is 5.97. The summed E-state index contributed by atoms with van der Waals surface area (Å²) in [6.45, 7) is 0.934. The van der Waals surface area contributed by atoms with Crippen LogP contribution in [0.1, 0.15) is 22.8 Å². The van der Waals surface area contributed by atoms with E-state index in [-0.39, 0.29) is 17.0 Å². The smallest absolute Gasteiger partial charge is 0.325 e. The Kier molecular flexibility index (Phi) is 7.86. The first-order chi connectivity index (χ1) is 14.3. The van der Waals surface area contributed by atoms with Crippen LogP contribution in [0.25, 0.3) is 0 Å². The van der Waals surface area contributed by atoms with Crippen molar-refractivity contribution in [3.63, 3.8) is 0 Å². The first-order valence-corrected chi connectivity index (χ1v) is 8.99. The molecule has 0 spiro atoms. The van der Waals surface area contributed by atoms with Crippen molar-refractivity contribution in [2.24, 2.45) is 0 Å². The van der Waals surface area contributed by atoms with Crippen LogP contribution in [0.4, 0.5) is 11.4 Å². The van der Waals surface area contributed by atoms with E-state index in [1.165, 1.54) is 19.2 Å². The van der Waals surface area contributed by atoms with Gasteiger partial charge in [-0.05, 0) is 30.2 Å². The minimum atomic E-state index is -0.828. The molecule has 2 rings (SSSR count). The second kappa shape index (κ2) is 10.6. The molecule has 0 unspecified atom stereocenters. The van der Waals surface area contributed by atoms with Gasteiger partial charge in [-0.25, -0.2) is 0 Å². The van der Waals surface area contributed by atoms with E-state index in [0.717, 1.165) is 18.1 Å². The molecule has 2 N–H and O–H groups in total. The summed E-state index contributed by atoms with van der Waals surface area (Å²) in [4.78, 5) is 46.2. The topological polar surface area (TPSA) is 137 Å². The Morgan fingerprint density at radius 2 is 1.87 bits per heavy atom. The van der Waals surface area contributed by atoms with Crippen LogP contribution >= 0.6 is 0 Å². The van der Waals surface area contributed by atoms with E-state index >= 15 is 0 Å². The van der Waals surface area contributed by atoms with E-state index in [1.54, 1.807) is 12.1 Å². The summed E-state index contributed by atoms with van der Waals surface area (Å²) < 4.78 is 9.71. The number of nitrogens with zero attached hydrogens (tertiary/aromatic N) is 1. The first kappa shape index (κ1) is 22.3. The van der Waals surface area contributed by atoms with E-state index in [0.29, 0.717) is 5.69 Å². The molecule has 2 amide bonds.